The lowest BCUT2D eigenvalue weighted by Crippen LogP contribution is -2.13. The van der Waals surface area contributed by atoms with Crippen molar-refractivity contribution in [1.29, 1.82) is 0 Å². The number of aryl methyl sites for hydroxylation is 2. The summed E-state index contributed by atoms with van der Waals surface area (Å²) < 4.78 is 0. The molecular formula is C22H22O. The lowest BCUT2D eigenvalue weighted by Gasteiger charge is -2.26. The highest BCUT2D eigenvalue weighted by atomic mass is 16.3. The van der Waals surface area contributed by atoms with Crippen LogP contribution in [0.5, 0.6) is 0 Å². The topological polar surface area (TPSA) is 20.2 Å². The third-order valence-corrected chi connectivity index (χ3v) is 4.42. The highest BCUT2D eigenvalue weighted by Crippen LogP contribution is 2.38. The van der Waals surface area contributed by atoms with E-state index in [1.54, 1.807) is 0 Å². The Morgan fingerprint density at radius 2 is 1.26 bits per heavy atom. The third-order valence-electron chi connectivity index (χ3n) is 4.42. The van der Waals surface area contributed by atoms with Crippen molar-refractivity contribution < 1.29 is 5.11 Å². The highest BCUT2D eigenvalue weighted by molar-refractivity contribution is 5.41. The van der Waals surface area contributed by atoms with Gasteiger partial charge in [0.2, 0.25) is 0 Å². The summed E-state index contributed by atoms with van der Waals surface area (Å²) >= 11 is 0. The minimum Gasteiger partial charge on any atom is -0.387 e. The molecule has 0 aliphatic carbocycles. The Labute approximate surface area is 138 Å². The molecule has 0 fully saturated rings. The van der Waals surface area contributed by atoms with Crippen LogP contribution in [-0.4, -0.2) is 5.11 Å². The molecule has 3 aromatic rings. The molecule has 0 aliphatic rings. The zero-order chi connectivity index (χ0) is 16.2. The molecule has 3 rings (SSSR count). The molecule has 0 heterocycles. The fraction of sp³-hybridized carbons (Fsp3) is 0.182. The van der Waals surface area contributed by atoms with Gasteiger partial charge in [-0.3, -0.25) is 0 Å². The minimum atomic E-state index is -0.569. The second-order valence-electron chi connectivity index (χ2n) is 6.10. The molecule has 1 N–H and O–H groups in total. The van der Waals surface area contributed by atoms with Gasteiger partial charge in [-0.15, -0.1) is 0 Å². The van der Waals surface area contributed by atoms with Crippen molar-refractivity contribution in [1.82, 2.24) is 0 Å². The molecule has 116 valence electrons. The molecule has 0 bridgehead atoms. The maximum atomic E-state index is 11.1. The molecule has 0 amide bonds. The third kappa shape index (κ3) is 3.35. The van der Waals surface area contributed by atoms with Gasteiger partial charge in [-0.1, -0.05) is 84.4 Å². The van der Waals surface area contributed by atoms with E-state index in [-0.39, 0.29) is 5.92 Å². The number of hydrogen-bond donors (Lipinski definition) is 1. The first-order chi connectivity index (χ1) is 11.2. The largest absolute Gasteiger partial charge is 0.387 e. The molecule has 23 heavy (non-hydrogen) atoms. The SMILES string of the molecule is Cc1ccc(C(c2ccccc2C)C(O)c2ccccc2)cc1. The van der Waals surface area contributed by atoms with Gasteiger partial charge in [0.25, 0.3) is 0 Å². The molecule has 0 aliphatic heterocycles. The van der Waals surface area contributed by atoms with Crippen LogP contribution in [0.1, 0.15) is 39.8 Å². The van der Waals surface area contributed by atoms with E-state index in [1.165, 1.54) is 16.7 Å². The monoisotopic (exact) mass is 302 g/mol. The van der Waals surface area contributed by atoms with Crippen molar-refractivity contribution >= 4 is 0 Å². The normalized spacial score (nSPS) is 13.5. The first-order valence-electron chi connectivity index (χ1n) is 8.02. The lowest BCUT2D eigenvalue weighted by molar-refractivity contribution is 0.159. The molecule has 0 saturated carbocycles. The standard InChI is InChI=1S/C22H22O/c1-16-12-14-18(15-13-16)21(20-11-7-6-8-17(20)2)22(23)19-9-4-3-5-10-19/h3-15,21-23H,1-2H3. The quantitative estimate of drug-likeness (QED) is 0.705. The van der Waals surface area contributed by atoms with Crippen molar-refractivity contribution in [3.63, 3.8) is 0 Å². The fourth-order valence-corrected chi connectivity index (χ4v) is 3.08. The number of rotatable bonds is 4. The van der Waals surface area contributed by atoms with Crippen LogP contribution in [0.4, 0.5) is 0 Å². The Morgan fingerprint density at radius 1 is 0.652 bits per heavy atom. The second-order valence-corrected chi connectivity index (χ2v) is 6.10. The van der Waals surface area contributed by atoms with E-state index in [0.717, 1.165) is 11.1 Å². The Kier molecular flexibility index (Phi) is 4.59. The second kappa shape index (κ2) is 6.80. The van der Waals surface area contributed by atoms with Gasteiger partial charge in [0.1, 0.15) is 0 Å². The van der Waals surface area contributed by atoms with Crippen LogP contribution in [0.25, 0.3) is 0 Å². The molecule has 2 atom stereocenters. The zero-order valence-corrected chi connectivity index (χ0v) is 13.6. The summed E-state index contributed by atoms with van der Waals surface area (Å²) in [5.74, 6) is -0.0702. The Hall–Kier alpha value is -2.38. The van der Waals surface area contributed by atoms with E-state index in [4.69, 9.17) is 0 Å². The van der Waals surface area contributed by atoms with Crippen LogP contribution in [0, 0.1) is 13.8 Å². The Bertz CT molecular complexity index is 759. The van der Waals surface area contributed by atoms with Crippen molar-refractivity contribution in [3.8, 4) is 0 Å². The summed E-state index contributed by atoms with van der Waals surface area (Å²) in [5, 5.41) is 11.1. The molecule has 3 aromatic carbocycles. The van der Waals surface area contributed by atoms with Crippen LogP contribution in [0.3, 0.4) is 0 Å². The summed E-state index contributed by atoms with van der Waals surface area (Å²) in [7, 11) is 0. The van der Waals surface area contributed by atoms with Crippen molar-refractivity contribution in [2.75, 3.05) is 0 Å². The predicted octanol–water partition coefficient (Wildman–Crippen LogP) is 5.17. The van der Waals surface area contributed by atoms with Crippen molar-refractivity contribution in [2.24, 2.45) is 0 Å². The van der Waals surface area contributed by atoms with E-state index in [1.807, 2.05) is 42.5 Å². The van der Waals surface area contributed by atoms with Crippen LogP contribution in [-0.2, 0) is 0 Å². The summed E-state index contributed by atoms with van der Waals surface area (Å²) in [5.41, 5.74) is 5.69. The lowest BCUT2D eigenvalue weighted by atomic mass is 9.81. The van der Waals surface area contributed by atoms with E-state index in [0.29, 0.717) is 0 Å². The first kappa shape index (κ1) is 15.5. The van der Waals surface area contributed by atoms with Gasteiger partial charge in [-0.2, -0.15) is 0 Å². The van der Waals surface area contributed by atoms with Crippen LogP contribution in [0.15, 0.2) is 78.9 Å². The van der Waals surface area contributed by atoms with E-state index < -0.39 is 6.10 Å². The van der Waals surface area contributed by atoms with Gasteiger partial charge in [0, 0.05) is 5.92 Å². The van der Waals surface area contributed by atoms with Crippen LogP contribution >= 0.6 is 0 Å². The number of hydrogen-bond acceptors (Lipinski definition) is 1. The number of aliphatic hydroxyl groups excluding tert-OH is 1. The highest BCUT2D eigenvalue weighted by Gasteiger charge is 2.25. The maximum Gasteiger partial charge on any atom is 0.0899 e. The van der Waals surface area contributed by atoms with E-state index in [2.05, 4.69) is 50.2 Å². The molecule has 0 radical (unpaired) electrons. The fourth-order valence-electron chi connectivity index (χ4n) is 3.08. The summed E-state index contributed by atoms with van der Waals surface area (Å²) in [4.78, 5) is 0. The van der Waals surface area contributed by atoms with Gasteiger partial charge >= 0.3 is 0 Å². The molecule has 0 aromatic heterocycles. The summed E-state index contributed by atoms with van der Waals surface area (Å²) in [6.07, 6.45) is -0.569. The zero-order valence-electron chi connectivity index (χ0n) is 13.6. The Morgan fingerprint density at radius 3 is 1.91 bits per heavy atom. The van der Waals surface area contributed by atoms with Crippen LogP contribution < -0.4 is 0 Å². The van der Waals surface area contributed by atoms with Gasteiger partial charge in [-0.25, -0.2) is 0 Å². The molecule has 0 saturated heterocycles. The summed E-state index contributed by atoms with van der Waals surface area (Å²) in [6.45, 7) is 4.19. The van der Waals surface area contributed by atoms with Gasteiger partial charge in [-0.05, 0) is 36.1 Å². The predicted molar refractivity (Wildman–Crippen MR) is 95.6 cm³/mol. The van der Waals surface area contributed by atoms with Crippen molar-refractivity contribution in [2.45, 2.75) is 25.9 Å². The smallest absolute Gasteiger partial charge is 0.0899 e. The van der Waals surface area contributed by atoms with E-state index in [9.17, 15) is 5.11 Å². The number of benzene rings is 3. The average molecular weight is 302 g/mol. The molecule has 0 spiro atoms. The molecular weight excluding hydrogens is 280 g/mol. The van der Waals surface area contributed by atoms with Crippen LogP contribution in [0.2, 0.25) is 0 Å². The summed E-state index contributed by atoms with van der Waals surface area (Å²) in [6, 6.07) is 26.7. The maximum absolute atomic E-state index is 11.1. The van der Waals surface area contributed by atoms with E-state index >= 15 is 0 Å². The molecule has 2 unspecified atom stereocenters. The molecule has 1 nitrogen and oxygen atoms in total. The molecule has 1 heteroatoms. The number of aliphatic hydroxyl groups is 1. The average Bonchev–Trinajstić information content (AvgIpc) is 2.59. The van der Waals surface area contributed by atoms with Crippen molar-refractivity contribution in [3.05, 3.63) is 107 Å². The van der Waals surface area contributed by atoms with Gasteiger partial charge < -0.3 is 5.11 Å². The van der Waals surface area contributed by atoms with Gasteiger partial charge in [0.05, 0.1) is 6.10 Å². The minimum absolute atomic E-state index is 0.0702. The van der Waals surface area contributed by atoms with Gasteiger partial charge in [0.15, 0.2) is 0 Å². The Balaban J connectivity index is 2.10. The first-order valence-corrected chi connectivity index (χ1v) is 8.02.